The van der Waals surface area contributed by atoms with Crippen LogP contribution in [-0.4, -0.2) is 65.8 Å². The molecule has 2 saturated heterocycles. The van der Waals surface area contributed by atoms with Crippen molar-refractivity contribution in [2.75, 3.05) is 39.3 Å². The summed E-state index contributed by atoms with van der Waals surface area (Å²) in [5, 5.41) is 0. The molecule has 0 aromatic heterocycles. The van der Waals surface area contributed by atoms with Crippen LogP contribution in [0.2, 0.25) is 0 Å². The molecule has 3 rings (SSSR count). The van der Waals surface area contributed by atoms with E-state index < -0.39 is 0 Å². The SMILES string of the molecule is CCN1CCN(C(=O)c2cccc(CN3CCCC3=O)c2)CC1. The minimum atomic E-state index is 0.107. The lowest BCUT2D eigenvalue weighted by Crippen LogP contribution is -2.48. The van der Waals surface area contributed by atoms with Crippen molar-refractivity contribution in [2.24, 2.45) is 0 Å². The largest absolute Gasteiger partial charge is 0.338 e. The van der Waals surface area contributed by atoms with E-state index in [9.17, 15) is 9.59 Å². The molecule has 2 fully saturated rings. The summed E-state index contributed by atoms with van der Waals surface area (Å²) in [4.78, 5) is 30.6. The maximum atomic E-state index is 12.7. The van der Waals surface area contributed by atoms with Crippen LogP contribution in [-0.2, 0) is 11.3 Å². The number of likely N-dealkylation sites (tertiary alicyclic amines) is 1. The molecule has 0 unspecified atom stereocenters. The summed E-state index contributed by atoms with van der Waals surface area (Å²) in [5.74, 6) is 0.327. The lowest BCUT2D eigenvalue weighted by molar-refractivity contribution is -0.128. The third kappa shape index (κ3) is 3.72. The monoisotopic (exact) mass is 315 g/mol. The fraction of sp³-hybridized carbons (Fsp3) is 0.556. The van der Waals surface area contributed by atoms with E-state index in [4.69, 9.17) is 0 Å². The van der Waals surface area contributed by atoms with E-state index in [2.05, 4.69) is 11.8 Å². The quantitative estimate of drug-likeness (QED) is 0.847. The number of amides is 2. The molecule has 5 heteroatoms. The van der Waals surface area contributed by atoms with Crippen LogP contribution in [0.25, 0.3) is 0 Å². The molecule has 0 aliphatic carbocycles. The van der Waals surface area contributed by atoms with E-state index in [0.717, 1.165) is 56.8 Å². The van der Waals surface area contributed by atoms with Crippen molar-refractivity contribution in [3.63, 3.8) is 0 Å². The van der Waals surface area contributed by atoms with E-state index >= 15 is 0 Å². The summed E-state index contributed by atoms with van der Waals surface area (Å²) < 4.78 is 0. The first kappa shape index (κ1) is 16.0. The summed E-state index contributed by atoms with van der Waals surface area (Å²) in [6, 6.07) is 7.74. The lowest BCUT2D eigenvalue weighted by Gasteiger charge is -2.34. The number of carbonyl (C=O) groups excluding carboxylic acids is 2. The molecule has 2 aliphatic rings. The average Bonchev–Trinajstić information content (AvgIpc) is 2.99. The van der Waals surface area contributed by atoms with Gasteiger partial charge in [0.1, 0.15) is 0 Å². The molecule has 5 nitrogen and oxygen atoms in total. The van der Waals surface area contributed by atoms with Gasteiger partial charge >= 0.3 is 0 Å². The summed E-state index contributed by atoms with van der Waals surface area (Å²) in [7, 11) is 0. The highest BCUT2D eigenvalue weighted by molar-refractivity contribution is 5.94. The summed E-state index contributed by atoms with van der Waals surface area (Å²) in [6.07, 6.45) is 1.60. The van der Waals surface area contributed by atoms with Crippen molar-refractivity contribution in [1.29, 1.82) is 0 Å². The normalized spacial score (nSPS) is 19.4. The summed E-state index contributed by atoms with van der Waals surface area (Å²) >= 11 is 0. The maximum Gasteiger partial charge on any atom is 0.253 e. The van der Waals surface area contributed by atoms with E-state index in [1.807, 2.05) is 34.1 Å². The molecule has 0 radical (unpaired) electrons. The minimum Gasteiger partial charge on any atom is -0.338 e. The van der Waals surface area contributed by atoms with E-state index in [-0.39, 0.29) is 11.8 Å². The van der Waals surface area contributed by atoms with E-state index in [1.165, 1.54) is 0 Å². The van der Waals surface area contributed by atoms with Gasteiger partial charge in [-0.3, -0.25) is 9.59 Å². The van der Waals surface area contributed by atoms with Crippen LogP contribution < -0.4 is 0 Å². The van der Waals surface area contributed by atoms with Crippen molar-refractivity contribution < 1.29 is 9.59 Å². The number of hydrogen-bond donors (Lipinski definition) is 0. The molecule has 0 saturated carbocycles. The maximum absolute atomic E-state index is 12.7. The van der Waals surface area contributed by atoms with Crippen molar-refractivity contribution >= 4 is 11.8 Å². The zero-order valence-corrected chi connectivity index (χ0v) is 13.8. The van der Waals surface area contributed by atoms with Gasteiger partial charge in [-0.2, -0.15) is 0 Å². The number of piperazine rings is 1. The Morgan fingerprint density at radius 3 is 2.57 bits per heavy atom. The summed E-state index contributed by atoms with van der Waals surface area (Å²) in [6.45, 7) is 8.12. The van der Waals surface area contributed by atoms with Gasteiger partial charge in [0.05, 0.1) is 0 Å². The molecule has 0 spiro atoms. The molecule has 0 atom stereocenters. The second-order valence-electron chi connectivity index (χ2n) is 6.35. The Bertz CT molecular complexity index is 579. The smallest absolute Gasteiger partial charge is 0.253 e. The van der Waals surface area contributed by atoms with E-state index in [0.29, 0.717) is 13.0 Å². The van der Waals surface area contributed by atoms with Gasteiger partial charge in [-0.1, -0.05) is 19.1 Å². The predicted octanol–water partition coefficient (Wildman–Crippen LogP) is 1.59. The molecule has 2 heterocycles. The minimum absolute atomic E-state index is 0.107. The van der Waals surface area contributed by atoms with Gasteiger partial charge in [0.2, 0.25) is 5.91 Å². The Morgan fingerprint density at radius 1 is 1.13 bits per heavy atom. The fourth-order valence-corrected chi connectivity index (χ4v) is 3.34. The van der Waals surface area contributed by atoms with Gasteiger partial charge in [-0.05, 0) is 30.7 Å². The number of benzene rings is 1. The van der Waals surface area contributed by atoms with Gasteiger partial charge in [0, 0.05) is 51.3 Å². The first-order valence-corrected chi connectivity index (χ1v) is 8.55. The van der Waals surface area contributed by atoms with Crippen LogP contribution in [0.1, 0.15) is 35.7 Å². The predicted molar refractivity (Wildman–Crippen MR) is 89.1 cm³/mol. The molecule has 2 amide bonds. The first-order chi connectivity index (χ1) is 11.2. The molecule has 1 aromatic carbocycles. The second kappa shape index (κ2) is 7.13. The Hall–Kier alpha value is -1.88. The van der Waals surface area contributed by atoms with Crippen LogP contribution in [0.3, 0.4) is 0 Å². The second-order valence-corrected chi connectivity index (χ2v) is 6.35. The van der Waals surface area contributed by atoms with Crippen molar-refractivity contribution in [3.8, 4) is 0 Å². The van der Waals surface area contributed by atoms with Crippen molar-refractivity contribution in [2.45, 2.75) is 26.3 Å². The van der Waals surface area contributed by atoms with Crippen LogP contribution in [0.15, 0.2) is 24.3 Å². The third-order valence-corrected chi connectivity index (χ3v) is 4.83. The highest BCUT2D eigenvalue weighted by Gasteiger charge is 2.23. The zero-order valence-electron chi connectivity index (χ0n) is 13.8. The highest BCUT2D eigenvalue weighted by Crippen LogP contribution is 2.16. The average molecular weight is 315 g/mol. The Kier molecular flexibility index (Phi) is 4.96. The fourth-order valence-electron chi connectivity index (χ4n) is 3.34. The standard InChI is InChI=1S/C18H25N3O2/c1-2-19-9-11-20(12-10-19)18(23)16-6-3-5-15(13-16)14-21-8-4-7-17(21)22/h3,5-6,13H,2,4,7-12,14H2,1H3. The number of nitrogens with zero attached hydrogens (tertiary/aromatic N) is 3. The lowest BCUT2D eigenvalue weighted by atomic mass is 10.1. The van der Waals surface area contributed by atoms with Crippen molar-refractivity contribution in [1.82, 2.24) is 14.7 Å². The van der Waals surface area contributed by atoms with Crippen LogP contribution in [0, 0.1) is 0 Å². The van der Waals surface area contributed by atoms with Crippen LogP contribution in [0.4, 0.5) is 0 Å². The van der Waals surface area contributed by atoms with Crippen LogP contribution in [0.5, 0.6) is 0 Å². The van der Waals surface area contributed by atoms with Gasteiger partial charge in [0.15, 0.2) is 0 Å². The topological polar surface area (TPSA) is 43.9 Å². The number of hydrogen-bond acceptors (Lipinski definition) is 3. The third-order valence-electron chi connectivity index (χ3n) is 4.83. The van der Waals surface area contributed by atoms with Crippen LogP contribution >= 0.6 is 0 Å². The van der Waals surface area contributed by atoms with Gasteiger partial charge in [0.25, 0.3) is 5.91 Å². The highest BCUT2D eigenvalue weighted by atomic mass is 16.2. The molecular formula is C18H25N3O2. The molecule has 0 N–H and O–H groups in total. The molecule has 23 heavy (non-hydrogen) atoms. The molecule has 1 aromatic rings. The first-order valence-electron chi connectivity index (χ1n) is 8.55. The van der Waals surface area contributed by atoms with Gasteiger partial charge < -0.3 is 14.7 Å². The number of likely N-dealkylation sites (N-methyl/N-ethyl adjacent to an activating group) is 1. The summed E-state index contributed by atoms with van der Waals surface area (Å²) in [5.41, 5.74) is 1.78. The number of carbonyl (C=O) groups is 2. The Morgan fingerprint density at radius 2 is 1.91 bits per heavy atom. The molecule has 2 aliphatic heterocycles. The Labute approximate surface area is 137 Å². The number of rotatable bonds is 4. The molecular weight excluding hydrogens is 290 g/mol. The molecule has 0 bridgehead atoms. The zero-order chi connectivity index (χ0) is 16.2. The van der Waals surface area contributed by atoms with Gasteiger partial charge in [-0.25, -0.2) is 0 Å². The molecule has 124 valence electrons. The van der Waals surface area contributed by atoms with Gasteiger partial charge in [-0.15, -0.1) is 0 Å². The Balaban J connectivity index is 1.64. The van der Waals surface area contributed by atoms with Crippen molar-refractivity contribution in [3.05, 3.63) is 35.4 Å². The van der Waals surface area contributed by atoms with E-state index in [1.54, 1.807) is 0 Å².